The fraction of sp³-hybridized carbons (Fsp3) is 0.435. The molecular formula is C23H28N4O. The maximum atomic E-state index is 5.46. The molecular weight excluding hydrogens is 348 g/mol. The summed E-state index contributed by atoms with van der Waals surface area (Å²) in [6.07, 6.45) is 4.43. The molecule has 3 heterocycles. The van der Waals surface area contributed by atoms with Gasteiger partial charge >= 0.3 is 0 Å². The van der Waals surface area contributed by atoms with Crippen LogP contribution in [0.3, 0.4) is 0 Å². The van der Waals surface area contributed by atoms with E-state index in [0.29, 0.717) is 6.04 Å². The molecule has 1 atom stereocenters. The molecule has 2 fully saturated rings. The third-order valence-corrected chi connectivity index (χ3v) is 6.05. The Hall–Kier alpha value is -2.37. The average molecular weight is 377 g/mol. The highest BCUT2D eigenvalue weighted by Gasteiger charge is 2.23. The number of piperidine rings is 1. The second-order valence-electron chi connectivity index (χ2n) is 7.94. The first-order valence-corrected chi connectivity index (χ1v) is 10.4. The van der Waals surface area contributed by atoms with Crippen molar-refractivity contribution in [1.29, 1.82) is 0 Å². The van der Waals surface area contributed by atoms with Crippen molar-refractivity contribution in [1.82, 2.24) is 14.7 Å². The maximum absolute atomic E-state index is 5.46. The SMILES string of the molecule is c1ccc2c(c1)cnn2C1CCCN(Cc2ccc(N3CCOCC3)cc2)C1. The maximum Gasteiger partial charge on any atom is 0.0686 e. The highest BCUT2D eigenvalue weighted by molar-refractivity contribution is 5.78. The van der Waals surface area contributed by atoms with Gasteiger partial charge in [0.05, 0.1) is 31.0 Å². The fourth-order valence-corrected chi connectivity index (χ4v) is 4.55. The summed E-state index contributed by atoms with van der Waals surface area (Å²) in [7, 11) is 0. The molecule has 5 heteroatoms. The van der Waals surface area contributed by atoms with E-state index in [1.807, 2.05) is 6.20 Å². The molecule has 28 heavy (non-hydrogen) atoms. The van der Waals surface area contributed by atoms with E-state index >= 15 is 0 Å². The van der Waals surface area contributed by atoms with Gasteiger partial charge in [0.25, 0.3) is 0 Å². The number of rotatable bonds is 4. The van der Waals surface area contributed by atoms with Crippen LogP contribution in [0.2, 0.25) is 0 Å². The van der Waals surface area contributed by atoms with Crippen molar-refractivity contribution in [3.8, 4) is 0 Å². The number of morpholine rings is 1. The summed E-state index contributed by atoms with van der Waals surface area (Å²) < 4.78 is 7.70. The molecule has 0 saturated carbocycles. The molecule has 2 aliphatic heterocycles. The van der Waals surface area contributed by atoms with Crippen molar-refractivity contribution in [2.24, 2.45) is 0 Å². The summed E-state index contributed by atoms with van der Waals surface area (Å²) >= 11 is 0. The van der Waals surface area contributed by atoms with Crippen LogP contribution >= 0.6 is 0 Å². The normalized spacial score (nSPS) is 21.3. The predicted molar refractivity (Wildman–Crippen MR) is 113 cm³/mol. The summed E-state index contributed by atoms with van der Waals surface area (Å²) in [6.45, 7) is 6.89. The second kappa shape index (κ2) is 7.94. The van der Waals surface area contributed by atoms with Crippen molar-refractivity contribution >= 4 is 16.6 Å². The molecule has 0 spiro atoms. The van der Waals surface area contributed by atoms with Gasteiger partial charge in [0.2, 0.25) is 0 Å². The largest absolute Gasteiger partial charge is 0.378 e. The molecule has 1 unspecified atom stereocenters. The van der Waals surface area contributed by atoms with Crippen molar-refractivity contribution in [2.45, 2.75) is 25.4 Å². The molecule has 5 nitrogen and oxygen atoms in total. The molecule has 2 aromatic carbocycles. The lowest BCUT2D eigenvalue weighted by atomic mass is 10.0. The van der Waals surface area contributed by atoms with Gasteiger partial charge in [-0.25, -0.2) is 0 Å². The quantitative estimate of drug-likeness (QED) is 0.695. The molecule has 2 aliphatic rings. The predicted octanol–water partition coefficient (Wildman–Crippen LogP) is 3.71. The van der Waals surface area contributed by atoms with E-state index in [9.17, 15) is 0 Å². The summed E-state index contributed by atoms with van der Waals surface area (Å²) in [4.78, 5) is 4.99. The highest BCUT2D eigenvalue weighted by Crippen LogP contribution is 2.26. The van der Waals surface area contributed by atoms with E-state index in [-0.39, 0.29) is 0 Å². The Bertz CT molecular complexity index is 914. The molecule has 0 radical (unpaired) electrons. The molecule has 1 aromatic heterocycles. The minimum atomic E-state index is 0.460. The first kappa shape index (κ1) is 17.7. The molecule has 146 valence electrons. The van der Waals surface area contributed by atoms with Crippen LogP contribution in [0.25, 0.3) is 10.9 Å². The standard InChI is InChI=1S/C23H28N4O/c1-2-6-23-20(4-1)16-24-27(23)22-5-3-11-25(18-22)17-19-7-9-21(10-8-19)26-12-14-28-15-13-26/h1-2,4,6-10,16,22H,3,5,11-15,17-18H2. The zero-order chi connectivity index (χ0) is 18.8. The van der Waals surface area contributed by atoms with Crippen LogP contribution in [0.4, 0.5) is 5.69 Å². The monoisotopic (exact) mass is 376 g/mol. The Morgan fingerprint density at radius 1 is 0.964 bits per heavy atom. The number of fused-ring (bicyclic) bond motifs is 1. The molecule has 0 amide bonds. The van der Waals surface area contributed by atoms with Gasteiger partial charge in [-0.2, -0.15) is 5.10 Å². The number of hydrogen-bond acceptors (Lipinski definition) is 4. The van der Waals surface area contributed by atoms with Gasteiger partial charge in [-0.05, 0) is 43.1 Å². The Morgan fingerprint density at radius 2 is 1.79 bits per heavy atom. The van der Waals surface area contributed by atoms with Gasteiger partial charge < -0.3 is 9.64 Å². The molecule has 2 saturated heterocycles. The molecule has 0 bridgehead atoms. The second-order valence-corrected chi connectivity index (χ2v) is 7.94. The molecule has 0 N–H and O–H groups in total. The number of hydrogen-bond donors (Lipinski definition) is 0. The minimum absolute atomic E-state index is 0.460. The van der Waals surface area contributed by atoms with Gasteiger partial charge in [0.15, 0.2) is 0 Å². The average Bonchev–Trinajstić information content (AvgIpc) is 3.19. The van der Waals surface area contributed by atoms with Crippen LogP contribution < -0.4 is 4.90 Å². The number of nitrogens with zero attached hydrogens (tertiary/aromatic N) is 4. The third kappa shape index (κ3) is 3.64. The van der Waals surface area contributed by atoms with Crippen molar-refractivity contribution < 1.29 is 4.74 Å². The van der Waals surface area contributed by atoms with Gasteiger partial charge in [-0.15, -0.1) is 0 Å². The minimum Gasteiger partial charge on any atom is -0.378 e. The zero-order valence-electron chi connectivity index (χ0n) is 16.3. The Balaban J connectivity index is 1.25. The van der Waals surface area contributed by atoms with Gasteiger partial charge in [-0.1, -0.05) is 30.3 Å². The van der Waals surface area contributed by atoms with Crippen molar-refractivity contribution in [3.05, 3.63) is 60.3 Å². The number of para-hydroxylation sites is 1. The summed E-state index contributed by atoms with van der Waals surface area (Å²) in [5.74, 6) is 0. The van der Waals surface area contributed by atoms with Crippen LogP contribution in [-0.2, 0) is 11.3 Å². The summed E-state index contributed by atoms with van der Waals surface area (Å²) in [5.41, 5.74) is 3.96. The Labute approximate surface area is 166 Å². The number of aromatic nitrogens is 2. The lowest BCUT2D eigenvalue weighted by Crippen LogP contribution is -2.37. The number of likely N-dealkylation sites (tertiary alicyclic amines) is 1. The lowest BCUT2D eigenvalue weighted by molar-refractivity contribution is 0.122. The fourth-order valence-electron chi connectivity index (χ4n) is 4.55. The van der Waals surface area contributed by atoms with E-state index in [0.717, 1.165) is 39.4 Å². The van der Waals surface area contributed by atoms with Crippen LogP contribution in [0.15, 0.2) is 54.7 Å². The Kier molecular flexibility index (Phi) is 5.02. The smallest absolute Gasteiger partial charge is 0.0686 e. The zero-order valence-corrected chi connectivity index (χ0v) is 16.3. The topological polar surface area (TPSA) is 33.5 Å². The Morgan fingerprint density at radius 3 is 2.64 bits per heavy atom. The lowest BCUT2D eigenvalue weighted by Gasteiger charge is -2.33. The van der Waals surface area contributed by atoms with E-state index in [4.69, 9.17) is 9.84 Å². The third-order valence-electron chi connectivity index (χ3n) is 6.05. The number of anilines is 1. The van der Waals surface area contributed by atoms with Crippen molar-refractivity contribution in [2.75, 3.05) is 44.3 Å². The molecule has 0 aliphatic carbocycles. The van der Waals surface area contributed by atoms with Crippen LogP contribution in [-0.4, -0.2) is 54.1 Å². The van der Waals surface area contributed by atoms with E-state index < -0.39 is 0 Å². The van der Waals surface area contributed by atoms with E-state index in [1.165, 1.54) is 41.5 Å². The first-order chi connectivity index (χ1) is 13.9. The van der Waals surface area contributed by atoms with Crippen LogP contribution in [0.5, 0.6) is 0 Å². The summed E-state index contributed by atoms with van der Waals surface area (Å²) in [6, 6.07) is 18.1. The molecule has 5 rings (SSSR count). The number of benzene rings is 2. The van der Waals surface area contributed by atoms with Crippen LogP contribution in [0, 0.1) is 0 Å². The van der Waals surface area contributed by atoms with Crippen molar-refractivity contribution in [3.63, 3.8) is 0 Å². The van der Waals surface area contributed by atoms with E-state index in [2.05, 4.69) is 63.0 Å². The van der Waals surface area contributed by atoms with Gasteiger partial charge in [0.1, 0.15) is 0 Å². The van der Waals surface area contributed by atoms with Gasteiger partial charge in [-0.3, -0.25) is 9.58 Å². The van der Waals surface area contributed by atoms with Crippen LogP contribution in [0.1, 0.15) is 24.4 Å². The van der Waals surface area contributed by atoms with E-state index in [1.54, 1.807) is 0 Å². The highest BCUT2D eigenvalue weighted by atomic mass is 16.5. The molecule has 3 aromatic rings. The summed E-state index contributed by atoms with van der Waals surface area (Å²) in [5, 5.41) is 5.93. The van der Waals surface area contributed by atoms with Gasteiger partial charge in [0, 0.05) is 37.3 Å². The number of ether oxygens (including phenoxy) is 1. The first-order valence-electron chi connectivity index (χ1n) is 10.4.